The smallest absolute Gasteiger partial charge is 0.241 e. The Balaban J connectivity index is 1.37. The highest BCUT2D eigenvalue weighted by atomic mass is 35.5. The van der Waals surface area contributed by atoms with Gasteiger partial charge in [-0.25, -0.2) is 0 Å². The Bertz CT molecular complexity index is 1020. The second-order valence-corrected chi connectivity index (χ2v) is 7.95. The number of likely N-dealkylation sites (tertiary alicyclic amines) is 1. The van der Waals surface area contributed by atoms with Crippen molar-refractivity contribution in [3.8, 4) is 17.1 Å². The molecule has 1 N–H and O–H groups in total. The fraction of sp³-hybridized carbons (Fsp3) is 0.348. The minimum atomic E-state index is -0.109. The van der Waals surface area contributed by atoms with Crippen molar-refractivity contribution >= 4 is 23.2 Å². The van der Waals surface area contributed by atoms with Crippen molar-refractivity contribution in [2.45, 2.75) is 26.3 Å². The number of nitrogens with zero attached hydrogens (tertiary/aromatic N) is 3. The Hall–Kier alpha value is -2.90. The van der Waals surface area contributed by atoms with Crippen molar-refractivity contribution < 1.29 is 14.1 Å². The number of carbonyl (C=O) groups is 1. The highest BCUT2D eigenvalue weighted by Gasteiger charge is 2.27. The molecule has 7 nitrogen and oxygen atoms in total. The Morgan fingerprint density at radius 2 is 2.06 bits per heavy atom. The van der Waals surface area contributed by atoms with E-state index < -0.39 is 0 Å². The Morgan fingerprint density at radius 3 is 2.87 bits per heavy atom. The van der Waals surface area contributed by atoms with Gasteiger partial charge in [-0.2, -0.15) is 4.98 Å². The standard InChI is InChI=1S/C23H25ClN4O3/c1-2-30-20-8-4-3-7-19(20)25-23(29)17-6-5-13-28(14-17)15-21-26-22(27-31-21)16-9-11-18(24)12-10-16/h3-4,7-12,17H,2,5-6,13-15H2,1H3,(H,25,29). The van der Waals surface area contributed by atoms with Gasteiger partial charge in [0, 0.05) is 17.1 Å². The van der Waals surface area contributed by atoms with Crippen molar-refractivity contribution in [3.63, 3.8) is 0 Å². The fourth-order valence-corrected chi connectivity index (χ4v) is 3.85. The van der Waals surface area contributed by atoms with Gasteiger partial charge >= 0.3 is 0 Å². The molecule has 31 heavy (non-hydrogen) atoms. The molecule has 0 bridgehead atoms. The lowest BCUT2D eigenvalue weighted by molar-refractivity contribution is -0.121. The lowest BCUT2D eigenvalue weighted by Crippen LogP contribution is -2.40. The molecule has 2 heterocycles. The van der Waals surface area contributed by atoms with Crippen LogP contribution in [0.15, 0.2) is 53.1 Å². The molecule has 2 aromatic carbocycles. The number of hydrogen-bond donors (Lipinski definition) is 1. The van der Waals surface area contributed by atoms with Gasteiger partial charge in [-0.3, -0.25) is 9.69 Å². The lowest BCUT2D eigenvalue weighted by Gasteiger charge is -2.31. The normalized spacial score (nSPS) is 16.8. The van der Waals surface area contributed by atoms with Crippen LogP contribution >= 0.6 is 11.6 Å². The van der Waals surface area contributed by atoms with E-state index in [-0.39, 0.29) is 11.8 Å². The van der Waals surface area contributed by atoms with Crippen LogP contribution in [0.2, 0.25) is 5.02 Å². The summed E-state index contributed by atoms with van der Waals surface area (Å²) in [5.41, 5.74) is 1.55. The SMILES string of the molecule is CCOc1ccccc1NC(=O)C1CCCN(Cc2nc(-c3ccc(Cl)cc3)no2)C1. The number of rotatable bonds is 7. The summed E-state index contributed by atoms with van der Waals surface area (Å²) in [6, 6.07) is 14.8. The predicted molar refractivity (Wildman–Crippen MR) is 119 cm³/mol. The molecule has 1 unspecified atom stereocenters. The van der Waals surface area contributed by atoms with Crippen LogP contribution in [0, 0.1) is 5.92 Å². The molecular formula is C23H25ClN4O3. The Morgan fingerprint density at radius 1 is 1.26 bits per heavy atom. The number of carbonyl (C=O) groups excluding carboxylic acids is 1. The molecule has 1 aromatic heterocycles. The van der Waals surface area contributed by atoms with Crippen LogP contribution in [0.5, 0.6) is 5.75 Å². The number of halogens is 1. The quantitative estimate of drug-likeness (QED) is 0.576. The van der Waals surface area contributed by atoms with E-state index in [4.69, 9.17) is 20.9 Å². The second kappa shape index (κ2) is 9.94. The zero-order valence-electron chi connectivity index (χ0n) is 17.4. The number of amides is 1. The van der Waals surface area contributed by atoms with Crippen molar-refractivity contribution in [2.75, 3.05) is 25.0 Å². The number of benzene rings is 2. The molecule has 1 atom stereocenters. The second-order valence-electron chi connectivity index (χ2n) is 7.51. The Kier molecular flexibility index (Phi) is 6.84. The van der Waals surface area contributed by atoms with Gasteiger partial charge in [-0.1, -0.05) is 28.9 Å². The van der Waals surface area contributed by atoms with E-state index in [1.807, 2.05) is 43.3 Å². The van der Waals surface area contributed by atoms with Crippen LogP contribution in [-0.4, -0.2) is 40.6 Å². The average Bonchev–Trinajstić information content (AvgIpc) is 3.24. The monoisotopic (exact) mass is 440 g/mol. The van der Waals surface area contributed by atoms with Crippen LogP contribution in [0.1, 0.15) is 25.7 Å². The van der Waals surface area contributed by atoms with E-state index in [9.17, 15) is 4.79 Å². The maximum absolute atomic E-state index is 12.9. The summed E-state index contributed by atoms with van der Waals surface area (Å²) in [5.74, 6) is 1.65. The van der Waals surface area contributed by atoms with Crippen LogP contribution in [-0.2, 0) is 11.3 Å². The topological polar surface area (TPSA) is 80.5 Å². The van der Waals surface area contributed by atoms with Gasteiger partial charge in [0.25, 0.3) is 0 Å². The highest BCUT2D eigenvalue weighted by molar-refractivity contribution is 6.30. The van der Waals surface area contributed by atoms with E-state index in [1.165, 1.54) is 0 Å². The molecule has 8 heteroatoms. The van der Waals surface area contributed by atoms with Gasteiger partial charge in [0.2, 0.25) is 17.6 Å². The van der Waals surface area contributed by atoms with E-state index in [0.29, 0.717) is 47.9 Å². The van der Waals surface area contributed by atoms with Gasteiger partial charge in [-0.15, -0.1) is 0 Å². The summed E-state index contributed by atoms with van der Waals surface area (Å²) >= 11 is 5.94. The highest BCUT2D eigenvalue weighted by Crippen LogP contribution is 2.26. The minimum absolute atomic E-state index is 0.00392. The maximum atomic E-state index is 12.9. The maximum Gasteiger partial charge on any atom is 0.241 e. The molecule has 1 aliphatic heterocycles. The molecule has 3 aromatic rings. The summed E-state index contributed by atoms with van der Waals surface area (Å²) < 4.78 is 11.0. The molecule has 1 saturated heterocycles. The Labute approximate surface area is 186 Å². The number of para-hydroxylation sites is 2. The number of piperidine rings is 1. The van der Waals surface area contributed by atoms with E-state index in [1.54, 1.807) is 12.1 Å². The van der Waals surface area contributed by atoms with Crippen molar-refractivity contribution in [2.24, 2.45) is 5.92 Å². The summed E-state index contributed by atoms with van der Waals surface area (Å²) in [6.07, 6.45) is 1.78. The van der Waals surface area contributed by atoms with Crippen LogP contribution < -0.4 is 10.1 Å². The largest absolute Gasteiger partial charge is 0.492 e. The first-order chi connectivity index (χ1) is 15.1. The first kappa shape index (κ1) is 21.3. The van der Waals surface area contributed by atoms with Crippen molar-refractivity contribution in [1.29, 1.82) is 0 Å². The summed E-state index contributed by atoms with van der Waals surface area (Å²) in [6.45, 7) is 4.51. The number of ether oxygens (including phenoxy) is 1. The van der Waals surface area contributed by atoms with E-state index >= 15 is 0 Å². The molecule has 162 valence electrons. The molecule has 0 saturated carbocycles. The molecule has 0 aliphatic carbocycles. The molecule has 1 fully saturated rings. The fourth-order valence-electron chi connectivity index (χ4n) is 3.73. The molecule has 1 amide bonds. The van der Waals surface area contributed by atoms with E-state index in [2.05, 4.69) is 20.4 Å². The third kappa shape index (κ3) is 5.42. The third-order valence-corrected chi connectivity index (χ3v) is 5.50. The molecule has 0 spiro atoms. The third-order valence-electron chi connectivity index (χ3n) is 5.25. The number of hydrogen-bond acceptors (Lipinski definition) is 6. The van der Waals surface area contributed by atoms with Crippen molar-refractivity contribution in [1.82, 2.24) is 15.0 Å². The number of nitrogens with one attached hydrogen (secondary N) is 1. The van der Waals surface area contributed by atoms with Gasteiger partial charge < -0.3 is 14.6 Å². The first-order valence-electron chi connectivity index (χ1n) is 10.5. The molecule has 0 radical (unpaired) electrons. The molecular weight excluding hydrogens is 416 g/mol. The minimum Gasteiger partial charge on any atom is -0.492 e. The van der Waals surface area contributed by atoms with Gasteiger partial charge in [0.05, 0.1) is 24.8 Å². The summed E-state index contributed by atoms with van der Waals surface area (Å²) in [5, 5.41) is 7.76. The number of aromatic nitrogens is 2. The van der Waals surface area contributed by atoms with Crippen LogP contribution in [0.4, 0.5) is 5.69 Å². The lowest BCUT2D eigenvalue weighted by atomic mass is 9.97. The predicted octanol–water partition coefficient (Wildman–Crippen LogP) is 4.64. The summed E-state index contributed by atoms with van der Waals surface area (Å²) in [4.78, 5) is 19.6. The number of anilines is 1. The average molecular weight is 441 g/mol. The van der Waals surface area contributed by atoms with Crippen LogP contribution in [0.3, 0.4) is 0 Å². The van der Waals surface area contributed by atoms with Gasteiger partial charge in [0.15, 0.2) is 0 Å². The molecule has 1 aliphatic rings. The summed E-state index contributed by atoms with van der Waals surface area (Å²) in [7, 11) is 0. The molecule has 4 rings (SSSR count). The zero-order valence-corrected chi connectivity index (χ0v) is 18.1. The van der Waals surface area contributed by atoms with Gasteiger partial charge in [0.1, 0.15) is 5.75 Å². The zero-order chi connectivity index (χ0) is 21.6. The first-order valence-corrected chi connectivity index (χ1v) is 10.8. The van der Waals surface area contributed by atoms with Crippen molar-refractivity contribution in [3.05, 3.63) is 59.4 Å². The van der Waals surface area contributed by atoms with Gasteiger partial charge in [-0.05, 0) is 62.7 Å². The van der Waals surface area contributed by atoms with Crippen LogP contribution in [0.25, 0.3) is 11.4 Å². The van der Waals surface area contributed by atoms with E-state index in [0.717, 1.165) is 24.9 Å².